The highest BCUT2D eigenvalue weighted by Gasteiger charge is 2.22. The van der Waals surface area contributed by atoms with Gasteiger partial charge in [-0.05, 0) is 43.5 Å². The average Bonchev–Trinajstić information content (AvgIpc) is 2.48. The van der Waals surface area contributed by atoms with Gasteiger partial charge >= 0.3 is 5.97 Å². The fourth-order valence-corrected chi connectivity index (χ4v) is 2.52. The van der Waals surface area contributed by atoms with E-state index in [0.29, 0.717) is 24.8 Å². The number of hydrogen-bond donors (Lipinski definition) is 2. The van der Waals surface area contributed by atoms with Crippen LogP contribution in [-0.2, 0) is 16.0 Å². The highest BCUT2D eigenvalue weighted by molar-refractivity contribution is 5.99. The molecular weight excluding hydrogens is 284 g/mol. The lowest BCUT2D eigenvalue weighted by molar-refractivity contribution is -0.137. The molecule has 0 spiro atoms. The molecule has 1 atom stereocenters. The molecule has 1 aromatic carbocycles. The van der Waals surface area contributed by atoms with Crippen LogP contribution in [0.1, 0.15) is 42.1 Å². The summed E-state index contributed by atoms with van der Waals surface area (Å²) in [4.78, 5) is 36.0. The molecule has 2 N–H and O–H groups in total. The number of rotatable bonds is 5. The Kier molecular flexibility index (Phi) is 4.80. The maximum Gasteiger partial charge on any atom is 0.303 e. The van der Waals surface area contributed by atoms with E-state index >= 15 is 0 Å². The van der Waals surface area contributed by atoms with Crippen molar-refractivity contribution in [1.82, 2.24) is 5.32 Å². The number of nitrogens with zero attached hydrogens (tertiary/aromatic N) is 1. The van der Waals surface area contributed by atoms with Crippen LogP contribution in [0.2, 0.25) is 0 Å². The number of carbonyl (C=O) groups is 3. The molecular formula is C16H20N2O4. The molecule has 1 aromatic rings. The van der Waals surface area contributed by atoms with Gasteiger partial charge in [-0.15, -0.1) is 0 Å². The van der Waals surface area contributed by atoms with Crippen molar-refractivity contribution in [2.24, 2.45) is 0 Å². The second-order valence-corrected chi connectivity index (χ2v) is 5.60. The topological polar surface area (TPSA) is 86.7 Å². The van der Waals surface area contributed by atoms with Crippen LogP contribution in [0, 0.1) is 0 Å². The Labute approximate surface area is 129 Å². The quantitative estimate of drug-likeness (QED) is 0.864. The van der Waals surface area contributed by atoms with Crippen LogP contribution in [-0.4, -0.2) is 36.0 Å². The zero-order valence-corrected chi connectivity index (χ0v) is 12.8. The second-order valence-electron chi connectivity index (χ2n) is 5.60. The van der Waals surface area contributed by atoms with Gasteiger partial charge in [0.15, 0.2) is 0 Å². The molecule has 22 heavy (non-hydrogen) atoms. The number of fused-ring (bicyclic) bond motifs is 1. The van der Waals surface area contributed by atoms with E-state index in [0.717, 1.165) is 11.3 Å². The van der Waals surface area contributed by atoms with E-state index in [1.165, 1.54) is 0 Å². The summed E-state index contributed by atoms with van der Waals surface area (Å²) in [7, 11) is 1.73. The Morgan fingerprint density at radius 1 is 1.36 bits per heavy atom. The van der Waals surface area contributed by atoms with Crippen LogP contribution in [0.5, 0.6) is 0 Å². The fourth-order valence-electron chi connectivity index (χ4n) is 2.52. The summed E-state index contributed by atoms with van der Waals surface area (Å²) in [6.45, 7) is 1.78. The summed E-state index contributed by atoms with van der Waals surface area (Å²) in [6.07, 6.45) is 1.50. The molecule has 2 amide bonds. The van der Waals surface area contributed by atoms with Crippen molar-refractivity contribution in [2.75, 3.05) is 11.9 Å². The standard InChI is InChI=1S/C16H20N2O4/c1-10(3-8-15(20)21)17-16(22)12-4-6-13-11(9-12)5-7-14(19)18(13)2/h4,6,9-10H,3,5,7-8H2,1-2H3,(H,17,22)(H,20,21). The number of hydrogen-bond acceptors (Lipinski definition) is 3. The maximum atomic E-state index is 12.2. The van der Waals surface area contributed by atoms with E-state index in [4.69, 9.17) is 5.11 Å². The van der Waals surface area contributed by atoms with Crippen LogP contribution in [0.3, 0.4) is 0 Å². The molecule has 0 saturated heterocycles. The van der Waals surface area contributed by atoms with Crippen LogP contribution < -0.4 is 10.2 Å². The minimum absolute atomic E-state index is 0.0263. The van der Waals surface area contributed by atoms with Gasteiger partial charge in [0.1, 0.15) is 0 Å². The normalized spacial score (nSPS) is 15.2. The van der Waals surface area contributed by atoms with Gasteiger partial charge in [-0.1, -0.05) is 0 Å². The van der Waals surface area contributed by atoms with E-state index in [1.54, 1.807) is 37.1 Å². The third-order valence-corrected chi connectivity index (χ3v) is 3.85. The zero-order chi connectivity index (χ0) is 16.3. The molecule has 0 aliphatic carbocycles. The summed E-state index contributed by atoms with van der Waals surface area (Å²) >= 11 is 0. The van der Waals surface area contributed by atoms with Crippen LogP contribution in [0.15, 0.2) is 18.2 Å². The minimum atomic E-state index is -0.873. The van der Waals surface area contributed by atoms with Crippen LogP contribution in [0.4, 0.5) is 5.69 Å². The SMILES string of the molecule is CC(CCC(=O)O)NC(=O)c1ccc2c(c1)CCC(=O)N2C. The number of benzene rings is 1. The largest absolute Gasteiger partial charge is 0.481 e. The summed E-state index contributed by atoms with van der Waals surface area (Å²) < 4.78 is 0. The first-order valence-corrected chi connectivity index (χ1v) is 7.30. The van der Waals surface area contributed by atoms with Gasteiger partial charge in [-0.2, -0.15) is 0 Å². The molecule has 2 rings (SSSR count). The third-order valence-electron chi connectivity index (χ3n) is 3.85. The van der Waals surface area contributed by atoms with Crippen molar-refractivity contribution in [1.29, 1.82) is 0 Å². The molecule has 1 aliphatic rings. The molecule has 0 fully saturated rings. The lowest BCUT2D eigenvalue weighted by Gasteiger charge is -2.26. The molecule has 1 heterocycles. The molecule has 118 valence electrons. The average molecular weight is 304 g/mol. The number of carboxylic acids is 1. The first-order chi connectivity index (χ1) is 10.4. The Morgan fingerprint density at radius 3 is 2.77 bits per heavy atom. The molecule has 0 bridgehead atoms. The summed E-state index contributed by atoms with van der Waals surface area (Å²) in [5.41, 5.74) is 2.35. The smallest absolute Gasteiger partial charge is 0.303 e. The summed E-state index contributed by atoms with van der Waals surface area (Å²) in [5.74, 6) is -1.02. The van der Waals surface area contributed by atoms with Crippen LogP contribution in [0.25, 0.3) is 0 Å². The van der Waals surface area contributed by atoms with Gasteiger partial charge < -0.3 is 15.3 Å². The Morgan fingerprint density at radius 2 is 2.09 bits per heavy atom. The molecule has 6 nitrogen and oxygen atoms in total. The van der Waals surface area contributed by atoms with Crippen LogP contribution >= 0.6 is 0 Å². The number of aliphatic carboxylic acids is 1. The van der Waals surface area contributed by atoms with Crippen molar-refractivity contribution in [3.63, 3.8) is 0 Å². The predicted molar refractivity (Wildman–Crippen MR) is 82.0 cm³/mol. The number of aryl methyl sites for hydroxylation is 1. The number of anilines is 1. The van der Waals surface area contributed by atoms with Gasteiger partial charge in [-0.25, -0.2) is 0 Å². The molecule has 0 saturated carbocycles. The van der Waals surface area contributed by atoms with E-state index in [9.17, 15) is 14.4 Å². The van der Waals surface area contributed by atoms with Crippen molar-refractivity contribution in [2.45, 2.75) is 38.6 Å². The fraction of sp³-hybridized carbons (Fsp3) is 0.438. The number of amides is 2. The lowest BCUT2D eigenvalue weighted by Crippen LogP contribution is -2.34. The van der Waals surface area contributed by atoms with Gasteiger partial charge in [0.05, 0.1) is 0 Å². The first kappa shape index (κ1) is 16.0. The highest BCUT2D eigenvalue weighted by atomic mass is 16.4. The van der Waals surface area contributed by atoms with E-state index < -0.39 is 5.97 Å². The first-order valence-electron chi connectivity index (χ1n) is 7.30. The van der Waals surface area contributed by atoms with Crippen molar-refractivity contribution in [3.05, 3.63) is 29.3 Å². The predicted octanol–water partition coefficient (Wildman–Crippen LogP) is 1.58. The lowest BCUT2D eigenvalue weighted by atomic mass is 9.98. The number of carboxylic acid groups (broad SMARTS) is 1. The van der Waals surface area contributed by atoms with Gasteiger partial charge in [0.2, 0.25) is 5.91 Å². The zero-order valence-electron chi connectivity index (χ0n) is 12.8. The molecule has 1 aliphatic heterocycles. The maximum absolute atomic E-state index is 12.2. The van der Waals surface area contributed by atoms with Gasteiger partial charge in [-0.3, -0.25) is 14.4 Å². The Bertz CT molecular complexity index is 612. The number of nitrogens with one attached hydrogen (secondary N) is 1. The Hall–Kier alpha value is -2.37. The molecule has 6 heteroatoms. The monoisotopic (exact) mass is 304 g/mol. The Balaban J connectivity index is 2.05. The van der Waals surface area contributed by atoms with Crippen molar-refractivity contribution in [3.8, 4) is 0 Å². The second kappa shape index (κ2) is 6.60. The van der Waals surface area contributed by atoms with Crippen molar-refractivity contribution < 1.29 is 19.5 Å². The van der Waals surface area contributed by atoms with E-state index in [2.05, 4.69) is 5.32 Å². The van der Waals surface area contributed by atoms with Gasteiger partial charge in [0, 0.05) is 37.2 Å². The molecule has 1 unspecified atom stereocenters. The highest BCUT2D eigenvalue weighted by Crippen LogP contribution is 2.27. The summed E-state index contributed by atoms with van der Waals surface area (Å²) in [6, 6.07) is 5.07. The molecule has 0 aromatic heterocycles. The van der Waals surface area contributed by atoms with Crippen molar-refractivity contribution >= 4 is 23.5 Å². The van der Waals surface area contributed by atoms with Gasteiger partial charge in [0.25, 0.3) is 5.91 Å². The molecule has 0 radical (unpaired) electrons. The van der Waals surface area contributed by atoms with E-state index in [1.807, 2.05) is 0 Å². The number of carbonyl (C=O) groups excluding carboxylic acids is 2. The van der Waals surface area contributed by atoms with E-state index in [-0.39, 0.29) is 24.3 Å². The third kappa shape index (κ3) is 3.63. The summed E-state index contributed by atoms with van der Waals surface area (Å²) in [5, 5.41) is 11.4. The minimum Gasteiger partial charge on any atom is -0.481 e.